The maximum absolute atomic E-state index is 13.1. The quantitative estimate of drug-likeness (QED) is 0.359. The third-order valence-electron chi connectivity index (χ3n) is 5.44. The molecule has 0 aliphatic carbocycles. The number of aromatic nitrogens is 2. The first-order chi connectivity index (χ1) is 15.4. The Hall–Kier alpha value is -1.84. The zero-order valence-electron chi connectivity index (χ0n) is 20.3. The predicted octanol–water partition coefficient (Wildman–Crippen LogP) is 6.01. The van der Waals surface area contributed by atoms with Crippen molar-refractivity contribution >= 4 is 38.9 Å². The van der Waals surface area contributed by atoms with Crippen LogP contribution in [0.2, 0.25) is 0 Å². The lowest BCUT2D eigenvalue weighted by Crippen LogP contribution is -2.18. The normalized spacial score (nSPS) is 12.4. The second-order valence-corrected chi connectivity index (χ2v) is 13.9. The summed E-state index contributed by atoms with van der Waals surface area (Å²) >= 11 is 3.33. The van der Waals surface area contributed by atoms with Gasteiger partial charge in [0, 0.05) is 15.8 Å². The fraction of sp³-hybridized carbons (Fsp3) is 0.500. The van der Waals surface area contributed by atoms with Gasteiger partial charge in [-0.05, 0) is 57.6 Å². The highest BCUT2D eigenvalue weighted by Crippen LogP contribution is 2.42. The molecule has 0 bridgehead atoms. The Morgan fingerprint density at radius 3 is 2.15 bits per heavy atom. The molecule has 2 heterocycles. The number of hydrogen-bond donors (Lipinski definition) is 1. The smallest absolute Gasteiger partial charge is 0.261 e. The van der Waals surface area contributed by atoms with Crippen molar-refractivity contribution in [3.63, 3.8) is 0 Å². The summed E-state index contributed by atoms with van der Waals surface area (Å²) in [7, 11) is -3.88. The molecule has 1 aromatic rings. The molecule has 180 valence electrons. The first-order valence-electron chi connectivity index (χ1n) is 11.2. The summed E-state index contributed by atoms with van der Waals surface area (Å²) in [6.07, 6.45) is 2.08. The molecule has 0 amide bonds. The number of imidazole rings is 1. The van der Waals surface area contributed by atoms with Crippen LogP contribution in [-0.4, -0.2) is 23.2 Å². The minimum Gasteiger partial charge on any atom is -0.261 e. The number of thioether (sulfide) groups is 1. The maximum Gasteiger partial charge on any atom is 0.354 e. The van der Waals surface area contributed by atoms with E-state index >= 15 is 0 Å². The standard InChI is InChI=1S/C24H33N3O3S3/c1-14(2)12-19(13-15(3)4)32-23-21-22(25-24(28)27(21)17(6)18(7)31-23)26-33(29,30)20-10-8-16(5)9-11-20/h8-11,14-15,19H,12-13H2,1-7H3,(H,25,26,28). The van der Waals surface area contributed by atoms with Crippen LogP contribution < -0.4 is 10.4 Å². The van der Waals surface area contributed by atoms with Crippen LogP contribution in [0.5, 0.6) is 0 Å². The van der Waals surface area contributed by atoms with E-state index in [1.807, 2.05) is 20.8 Å². The number of sulfonamides is 1. The Kier molecular flexibility index (Phi) is 7.96. The van der Waals surface area contributed by atoms with Gasteiger partial charge in [0.25, 0.3) is 10.0 Å². The van der Waals surface area contributed by atoms with E-state index in [4.69, 9.17) is 0 Å². The van der Waals surface area contributed by atoms with E-state index in [-0.39, 0.29) is 10.7 Å². The highest BCUT2D eigenvalue weighted by molar-refractivity contribution is 8.01. The van der Waals surface area contributed by atoms with E-state index in [9.17, 15) is 13.2 Å². The molecule has 0 spiro atoms. The van der Waals surface area contributed by atoms with E-state index < -0.39 is 15.7 Å². The number of anilines is 1. The molecule has 0 fully saturated rings. The highest BCUT2D eigenvalue weighted by atomic mass is 32.2. The highest BCUT2D eigenvalue weighted by Gasteiger charge is 2.28. The van der Waals surface area contributed by atoms with Gasteiger partial charge in [0.2, 0.25) is 0 Å². The lowest BCUT2D eigenvalue weighted by atomic mass is 10.0. The van der Waals surface area contributed by atoms with E-state index in [2.05, 4.69) is 37.4 Å². The minimum absolute atomic E-state index is 0.0928. The third-order valence-corrected chi connectivity index (χ3v) is 9.43. The van der Waals surface area contributed by atoms with Crippen LogP contribution >= 0.6 is 23.1 Å². The zero-order valence-corrected chi connectivity index (χ0v) is 22.7. The fourth-order valence-corrected chi connectivity index (χ4v) is 8.12. The first-order valence-corrected chi connectivity index (χ1v) is 14.4. The van der Waals surface area contributed by atoms with Crippen LogP contribution in [0.1, 0.15) is 56.7 Å². The molecule has 3 rings (SSSR count). The number of nitrogens with one attached hydrogen (secondary N) is 1. The number of fused-ring (bicyclic) bond motifs is 1. The molecular weight excluding hydrogens is 474 g/mol. The van der Waals surface area contributed by atoms with Gasteiger partial charge >= 0.3 is 5.69 Å². The number of nitrogens with zero attached hydrogens (tertiary/aromatic N) is 2. The monoisotopic (exact) mass is 507 g/mol. The molecule has 33 heavy (non-hydrogen) atoms. The molecule has 9 heteroatoms. The number of rotatable bonds is 9. The molecule has 0 saturated carbocycles. The second kappa shape index (κ2) is 10.2. The van der Waals surface area contributed by atoms with Crippen molar-refractivity contribution in [3.05, 3.63) is 50.9 Å². The lowest BCUT2D eigenvalue weighted by molar-refractivity contribution is 0.492. The zero-order chi connectivity index (χ0) is 24.5. The van der Waals surface area contributed by atoms with Gasteiger partial charge in [-0.15, -0.1) is 23.1 Å². The topological polar surface area (TPSA) is 81.1 Å². The molecule has 6 nitrogen and oxygen atoms in total. The second-order valence-electron chi connectivity index (χ2n) is 9.38. The summed E-state index contributed by atoms with van der Waals surface area (Å²) in [5, 5.41) is 0.360. The summed E-state index contributed by atoms with van der Waals surface area (Å²) in [5.74, 6) is 1.16. The van der Waals surface area contributed by atoms with E-state index in [1.54, 1.807) is 51.9 Å². The first kappa shape index (κ1) is 25.8. The minimum atomic E-state index is -3.88. The average Bonchev–Trinajstić information content (AvgIpc) is 3.00. The molecular formula is C24H33N3O3S3. The summed E-state index contributed by atoms with van der Waals surface area (Å²) in [5.41, 5.74) is 1.83. The molecule has 0 unspecified atom stereocenters. The Labute approximate surface area is 205 Å². The van der Waals surface area contributed by atoms with Crippen LogP contribution in [0.15, 0.2) is 38.2 Å². The Morgan fingerprint density at radius 2 is 1.61 bits per heavy atom. The van der Waals surface area contributed by atoms with E-state index in [0.29, 0.717) is 22.8 Å². The SMILES string of the molecule is Cc1ccc(S(=O)(=O)Nc2nc(=O)n3c(C)c(C)sc(SC(CC(C)C)CC(C)C)c2-3)cc1. The molecule has 2 aliphatic heterocycles. The Balaban J connectivity index is 2.10. The van der Waals surface area contributed by atoms with Crippen LogP contribution in [0.4, 0.5) is 5.82 Å². The third kappa shape index (κ3) is 6.00. The molecule has 0 radical (unpaired) electrons. The van der Waals surface area contributed by atoms with Crippen LogP contribution in [0, 0.1) is 32.6 Å². The van der Waals surface area contributed by atoms with E-state index in [0.717, 1.165) is 33.2 Å². The van der Waals surface area contributed by atoms with Crippen molar-refractivity contribution in [2.24, 2.45) is 11.8 Å². The largest absolute Gasteiger partial charge is 0.354 e. The molecule has 2 aliphatic rings. The van der Waals surface area contributed by atoms with Crippen LogP contribution in [-0.2, 0) is 10.0 Å². The molecule has 0 saturated heterocycles. The van der Waals surface area contributed by atoms with Crippen molar-refractivity contribution < 1.29 is 8.42 Å². The summed E-state index contributed by atoms with van der Waals surface area (Å²) < 4.78 is 31.2. The van der Waals surface area contributed by atoms with Crippen molar-refractivity contribution in [2.45, 2.75) is 75.7 Å². The van der Waals surface area contributed by atoms with Crippen molar-refractivity contribution in [1.82, 2.24) is 9.55 Å². The number of benzene rings is 1. The van der Waals surface area contributed by atoms with E-state index in [1.165, 1.54) is 0 Å². The molecule has 1 N–H and O–H groups in total. The summed E-state index contributed by atoms with van der Waals surface area (Å²) in [6, 6.07) is 6.61. The predicted molar refractivity (Wildman–Crippen MR) is 139 cm³/mol. The Bertz CT molecular complexity index is 1230. The van der Waals surface area contributed by atoms with Crippen molar-refractivity contribution in [2.75, 3.05) is 4.72 Å². The maximum atomic E-state index is 13.1. The van der Waals surface area contributed by atoms with Gasteiger partial charge in [-0.2, -0.15) is 4.98 Å². The number of hydrogen-bond acceptors (Lipinski definition) is 6. The number of aryl methyl sites for hydroxylation is 2. The fourth-order valence-electron chi connectivity index (χ4n) is 3.77. The van der Waals surface area contributed by atoms with Gasteiger partial charge < -0.3 is 0 Å². The van der Waals surface area contributed by atoms with Gasteiger partial charge in [-0.3, -0.25) is 9.29 Å². The van der Waals surface area contributed by atoms with Crippen molar-refractivity contribution in [3.8, 4) is 5.69 Å². The van der Waals surface area contributed by atoms with Gasteiger partial charge in [-0.1, -0.05) is 45.4 Å². The van der Waals surface area contributed by atoms with Gasteiger partial charge in [-0.25, -0.2) is 13.2 Å². The van der Waals surface area contributed by atoms with Crippen molar-refractivity contribution in [1.29, 1.82) is 0 Å². The van der Waals surface area contributed by atoms with Crippen LogP contribution in [0.3, 0.4) is 0 Å². The summed E-state index contributed by atoms with van der Waals surface area (Å²) in [6.45, 7) is 14.6. The van der Waals surface area contributed by atoms with Crippen LogP contribution in [0.25, 0.3) is 5.69 Å². The molecule has 0 aromatic heterocycles. The lowest BCUT2D eigenvalue weighted by Gasteiger charge is -2.23. The summed E-state index contributed by atoms with van der Waals surface area (Å²) in [4.78, 5) is 18.1. The van der Waals surface area contributed by atoms with Gasteiger partial charge in [0.15, 0.2) is 5.82 Å². The Morgan fingerprint density at radius 1 is 1.03 bits per heavy atom. The average molecular weight is 508 g/mol. The molecule has 1 aromatic carbocycles. The van der Waals surface area contributed by atoms with Gasteiger partial charge in [0.1, 0.15) is 5.69 Å². The van der Waals surface area contributed by atoms with Gasteiger partial charge in [0.05, 0.1) is 9.10 Å². The molecule has 0 atom stereocenters.